The predicted octanol–water partition coefficient (Wildman–Crippen LogP) is 0.784. The van der Waals surface area contributed by atoms with Crippen molar-refractivity contribution in [3.8, 4) is 0 Å². The van der Waals surface area contributed by atoms with Gasteiger partial charge in [-0.05, 0) is 17.6 Å². The van der Waals surface area contributed by atoms with Crippen LogP contribution >= 0.6 is 11.5 Å². The number of fused-ring (bicyclic) bond motifs is 1. The Hall–Kier alpha value is -1.56. The first-order valence-electron chi connectivity index (χ1n) is 3.09. The van der Waals surface area contributed by atoms with Gasteiger partial charge in [-0.2, -0.15) is 0 Å². The second-order valence-electron chi connectivity index (χ2n) is 2.09. The molecule has 0 aliphatic heterocycles. The second kappa shape index (κ2) is 2.49. The SMILES string of the molecule is O=C(O)c1ccnc2nnsc12. The Labute approximate surface area is 70.8 Å². The van der Waals surface area contributed by atoms with Gasteiger partial charge in [0.2, 0.25) is 0 Å². The van der Waals surface area contributed by atoms with Gasteiger partial charge < -0.3 is 5.11 Å². The van der Waals surface area contributed by atoms with Gasteiger partial charge in [0.1, 0.15) is 4.70 Å². The molecule has 2 aromatic rings. The van der Waals surface area contributed by atoms with Crippen molar-refractivity contribution >= 4 is 27.8 Å². The number of aromatic nitrogens is 3. The monoisotopic (exact) mass is 181 g/mol. The van der Waals surface area contributed by atoms with E-state index in [1.165, 1.54) is 12.3 Å². The Morgan fingerprint density at radius 2 is 2.42 bits per heavy atom. The van der Waals surface area contributed by atoms with E-state index in [1.54, 1.807) is 0 Å². The molecule has 0 aliphatic carbocycles. The van der Waals surface area contributed by atoms with Crippen molar-refractivity contribution < 1.29 is 9.90 Å². The van der Waals surface area contributed by atoms with Crippen LogP contribution in [0, 0.1) is 0 Å². The van der Waals surface area contributed by atoms with Crippen LogP contribution in [-0.4, -0.2) is 25.6 Å². The molecular weight excluding hydrogens is 178 g/mol. The molecule has 0 aliphatic rings. The maximum absolute atomic E-state index is 10.6. The molecule has 5 nitrogen and oxygen atoms in total. The van der Waals surface area contributed by atoms with Crippen LogP contribution in [0.25, 0.3) is 10.3 Å². The summed E-state index contributed by atoms with van der Waals surface area (Å²) in [7, 11) is 0. The Kier molecular flexibility index (Phi) is 1.47. The number of carbonyl (C=O) groups is 1. The van der Waals surface area contributed by atoms with E-state index in [1.807, 2.05) is 0 Å². The summed E-state index contributed by atoms with van der Waals surface area (Å²) in [5.41, 5.74) is 0.593. The van der Waals surface area contributed by atoms with Crippen molar-refractivity contribution in [1.82, 2.24) is 14.6 Å². The maximum Gasteiger partial charge on any atom is 0.337 e. The summed E-state index contributed by atoms with van der Waals surface area (Å²) in [5, 5.41) is 12.4. The van der Waals surface area contributed by atoms with E-state index < -0.39 is 5.97 Å². The second-order valence-corrected chi connectivity index (χ2v) is 2.84. The molecule has 0 spiro atoms. The number of pyridine rings is 1. The van der Waals surface area contributed by atoms with E-state index in [4.69, 9.17) is 5.11 Å². The molecule has 0 bridgehead atoms. The van der Waals surface area contributed by atoms with Gasteiger partial charge in [0.25, 0.3) is 0 Å². The van der Waals surface area contributed by atoms with E-state index in [9.17, 15) is 4.79 Å². The third-order valence-corrected chi connectivity index (χ3v) is 2.13. The number of carboxylic acid groups (broad SMARTS) is 1. The Bertz CT molecular complexity index is 439. The molecule has 2 rings (SSSR count). The lowest BCUT2D eigenvalue weighted by Gasteiger charge is -1.91. The third kappa shape index (κ3) is 0.928. The maximum atomic E-state index is 10.6. The van der Waals surface area contributed by atoms with Crippen molar-refractivity contribution in [2.75, 3.05) is 0 Å². The zero-order chi connectivity index (χ0) is 8.55. The summed E-state index contributed by atoms with van der Waals surface area (Å²) in [4.78, 5) is 14.5. The average Bonchev–Trinajstić information content (AvgIpc) is 2.49. The van der Waals surface area contributed by atoms with Crippen molar-refractivity contribution in [1.29, 1.82) is 0 Å². The molecule has 0 atom stereocenters. The van der Waals surface area contributed by atoms with Crippen LogP contribution in [0.3, 0.4) is 0 Å². The molecule has 0 fully saturated rings. The lowest BCUT2D eigenvalue weighted by Crippen LogP contribution is -1.96. The van der Waals surface area contributed by atoms with Gasteiger partial charge in [0.05, 0.1) is 5.56 Å². The standard InChI is InChI=1S/C6H3N3O2S/c10-6(11)3-1-2-7-5-4(3)12-9-8-5/h1-2H,(H,10,11). The fraction of sp³-hybridized carbons (Fsp3) is 0. The van der Waals surface area contributed by atoms with Crippen LogP contribution in [0.15, 0.2) is 12.3 Å². The molecule has 0 saturated heterocycles. The number of nitrogens with zero attached hydrogens (tertiary/aromatic N) is 3. The first-order valence-corrected chi connectivity index (χ1v) is 3.87. The molecule has 0 amide bonds. The molecule has 60 valence electrons. The summed E-state index contributed by atoms with van der Waals surface area (Å²) in [5.74, 6) is -0.978. The lowest BCUT2D eigenvalue weighted by atomic mass is 10.3. The number of carboxylic acids is 1. The van der Waals surface area contributed by atoms with Crippen LogP contribution in [-0.2, 0) is 0 Å². The minimum atomic E-state index is -0.978. The minimum Gasteiger partial charge on any atom is -0.478 e. The first-order chi connectivity index (χ1) is 5.79. The smallest absolute Gasteiger partial charge is 0.337 e. The van der Waals surface area contributed by atoms with Crippen LogP contribution in [0.5, 0.6) is 0 Å². The molecule has 2 aromatic heterocycles. The molecule has 2 heterocycles. The van der Waals surface area contributed by atoms with E-state index >= 15 is 0 Å². The first kappa shape index (κ1) is 7.11. The van der Waals surface area contributed by atoms with E-state index in [2.05, 4.69) is 14.6 Å². The number of rotatable bonds is 1. The summed E-state index contributed by atoms with van der Waals surface area (Å²) in [6.07, 6.45) is 1.41. The normalized spacial score (nSPS) is 10.3. The zero-order valence-electron chi connectivity index (χ0n) is 5.76. The molecule has 0 unspecified atom stereocenters. The zero-order valence-corrected chi connectivity index (χ0v) is 6.58. The van der Waals surface area contributed by atoms with Gasteiger partial charge in [0.15, 0.2) is 5.65 Å². The third-order valence-electron chi connectivity index (χ3n) is 1.38. The largest absolute Gasteiger partial charge is 0.478 e. The van der Waals surface area contributed by atoms with E-state index in [0.29, 0.717) is 10.3 Å². The van der Waals surface area contributed by atoms with Gasteiger partial charge in [-0.3, -0.25) is 0 Å². The minimum absolute atomic E-state index is 0.204. The number of aromatic carboxylic acids is 1. The van der Waals surface area contributed by atoms with E-state index in [0.717, 1.165) is 11.5 Å². The number of hydrogen-bond acceptors (Lipinski definition) is 5. The Morgan fingerprint density at radius 1 is 1.58 bits per heavy atom. The highest BCUT2D eigenvalue weighted by atomic mass is 32.1. The summed E-state index contributed by atoms with van der Waals surface area (Å²) in [6.45, 7) is 0. The van der Waals surface area contributed by atoms with Gasteiger partial charge in [-0.15, -0.1) is 5.10 Å². The van der Waals surface area contributed by atoms with Gasteiger partial charge in [-0.25, -0.2) is 9.78 Å². The molecule has 0 saturated carbocycles. The Balaban J connectivity index is 2.82. The molecular formula is C6H3N3O2S. The average molecular weight is 181 g/mol. The molecule has 0 aromatic carbocycles. The van der Waals surface area contributed by atoms with Crippen molar-refractivity contribution in [2.45, 2.75) is 0 Å². The highest BCUT2D eigenvalue weighted by Gasteiger charge is 2.10. The Morgan fingerprint density at radius 3 is 3.17 bits per heavy atom. The summed E-state index contributed by atoms with van der Waals surface area (Å²) in [6, 6.07) is 1.44. The van der Waals surface area contributed by atoms with Crippen LogP contribution in [0.4, 0.5) is 0 Å². The molecule has 1 N–H and O–H groups in total. The van der Waals surface area contributed by atoms with Crippen molar-refractivity contribution in [2.24, 2.45) is 0 Å². The van der Waals surface area contributed by atoms with Gasteiger partial charge in [0, 0.05) is 6.20 Å². The highest BCUT2D eigenvalue weighted by molar-refractivity contribution is 7.13. The molecule has 0 radical (unpaired) electrons. The molecule has 6 heteroatoms. The summed E-state index contributed by atoms with van der Waals surface area (Å²) >= 11 is 1.04. The van der Waals surface area contributed by atoms with E-state index in [-0.39, 0.29) is 5.56 Å². The highest BCUT2D eigenvalue weighted by Crippen LogP contribution is 2.17. The van der Waals surface area contributed by atoms with Crippen LogP contribution < -0.4 is 0 Å². The molecule has 12 heavy (non-hydrogen) atoms. The van der Waals surface area contributed by atoms with Gasteiger partial charge in [-0.1, -0.05) is 4.49 Å². The lowest BCUT2D eigenvalue weighted by molar-refractivity contribution is 0.0699. The van der Waals surface area contributed by atoms with Crippen LogP contribution in [0.2, 0.25) is 0 Å². The fourth-order valence-electron chi connectivity index (χ4n) is 0.867. The van der Waals surface area contributed by atoms with Crippen molar-refractivity contribution in [3.05, 3.63) is 17.8 Å². The predicted molar refractivity (Wildman–Crippen MR) is 42.2 cm³/mol. The fourth-order valence-corrected chi connectivity index (χ4v) is 1.50. The number of hydrogen-bond donors (Lipinski definition) is 1. The topological polar surface area (TPSA) is 76.0 Å². The van der Waals surface area contributed by atoms with Crippen molar-refractivity contribution in [3.63, 3.8) is 0 Å². The summed E-state index contributed by atoms with van der Waals surface area (Å²) < 4.78 is 4.13. The van der Waals surface area contributed by atoms with Crippen LogP contribution in [0.1, 0.15) is 10.4 Å². The van der Waals surface area contributed by atoms with Gasteiger partial charge >= 0.3 is 5.97 Å². The quantitative estimate of drug-likeness (QED) is 0.703.